The number of carbonyl (C=O) groups is 1. The van der Waals surface area contributed by atoms with Gasteiger partial charge in [0.2, 0.25) is 0 Å². The molecule has 3 aromatic heterocycles. The first-order valence-corrected chi connectivity index (χ1v) is 10.5. The smallest absolute Gasteiger partial charge is 0.277 e. The maximum absolute atomic E-state index is 12.4. The summed E-state index contributed by atoms with van der Waals surface area (Å²) in [6.07, 6.45) is 2.19. The number of aromatic nitrogens is 5. The van der Waals surface area contributed by atoms with Gasteiger partial charge in [-0.15, -0.1) is 10.2 Å². The van der Waals surface area contributed by atoms with Gasteiger partial charge in [-0.3, -0.25) is 4.79 Å². The highest BCUT2D eigenvalue weighted by Gasteiger charge is 2.28. The van der Waals surface area contributed by atoms with Crippen molar-refractivity contribution >= 4 is 23.1 Å². The summed E-state index contributed by atoms with van der Waals surface area (Å²) in [6, 6.07) is 12.8. The van der Waals surface area contributed by atoms with Gasteiger partial charge in [0, 0.05) is 29.1 Å². The molecule has 2 N–H and O–H groups in total. The molecule has 1 aliphatic carbocycles. The number of benzene rings is 1. The zero-order valence-electron chi connectivity index (χ0n) is 18.1. The second kappa shape index (κ2) is 7.92. The van der Waals surface area contributed by atoms with E-state index in [1.807, 2.05) is 57.2 Å². The van der Waals surface area contributed by atoms with Gasteiger partial charge in [-0.05, 0) is 75.6 Å². The fourth-order valence-corrected chi connectivity index (χ4v) is 3.39. The molecule has 0 spiro atoms. The molecule has 3 heterocycles. The average Bonchev–Trinajstić information content (AvgIpc) is 3.48. The highest BCUT2D eigenvalue weighted by atomic mass is 16.5. The predicted octanol–water partition coefficient (Wildman–Crippen LogP) is 4.45. The fourth-order valence-electron chi connectivity index (χ4n) is 3.39. The third-order valence-corrected chi connectivity index (χ3v) is 5.68. The van der Waals surface area contributed by atoms with Crippen LogP contribution in [0.2, 0.25) is 0 Å². The van der Waals surface area contributed by atoms with E-state index >= 15 is 0 Å². The van der Waals surface area contributed by atoms with Crippen molar-refractivity contribution in [3.8, 4) is 5.82 Å². The summed E-state index contributed by atoms with van der Waals surface area (Å²) < 4.78 is 7.04. The molecular formula is C23H23N7O2. The molecule has 0 radical (unpaired) electrons. The predicted molar refractivity (Wildman–Crippen MR) is 120 cm³/mol. The van der Waals surface area contributed by atoms with Crippen LogP contribution in [-0.4, -0.2) is 31.0 Å². The van der Waals surface area contributed by atoms with Gasteiger partial charge in [-0.2, -0.15) is 5.10 Å². The van der Waals surface area contributed by atoms with Gasteiger partial charge in [-0.25, -0.2) is 4.68 Å². The highest BCUT2D eigenvalue weighted by Crippen LogP contribution is 2.40. The number of carbonyl (C=O) groups excluding carboxylic acids is 1. The molecular weight excluding hydrogens is 406 g/mol. The van der Waals surface area contributed by atoms with Crippen molar-refractivity contribution in [2.75, 3.05) is 10.6 Å². The molecule has 9 nitrogen and oxygen atoms in total. The van der Waals surface area contributed by atoms with E-state index in [1.165, 1.54) is 0 Å². The number of hydrogen-bond acceptors (Lipinski definition) is 7. The van der Waals surface area contributed by atoms with E-state index in [1.54, 1.807) is 10.7 Å². The van der Waals surface area contributed by atoms with Crippen LogP contribution in [0.3, 0.4) is 0 Å². The lowest BCUT2D eigenvalue weighted by atomic mass is 10.2. The van der Waals surface area contributed by atoms with E-state index in [0.717, 1.165) is 41.2 Å². The molecule has 5 rings (SSSR count). The Kier molecular flexibility index (Phi) is 4.93. The standard InChI is InChI=1S/C23H23N7O2/c1-13-14(2)28-30(15(13)3)22-11-10-21(26-27-22)24-17-6-8-18(9-7-17)25-23(31)19-12-20(32-29-19)16-4-5-16/h6-12,16H,4-5H2,1-3H3,(H,24,26)(H,25,31). The van der Waals surface area contributed by atoms with Gasteiger partial charge in [0.05, 0.1) is 5.69 Å². The molecule has 1 amide bonds. The van der Waals surface area contributed by atoms with Crippen LogP contribution in [0.4, 0.5) is 17.2 Å². The minimum absolute atomic E-state index is 0.290. The Morgan fingerprint density at radius 2 is 1.78 bits per heavy atom. The first-order valence-electron chi connectivity index (χ1n) is 10.5. The second-order valence-electron chi connectivity index (χ2n) is 8.03. The van der Waals surface area contributed by atoms with Crippen molar-refractivity contribution in [2.45, 2.75) is 39.5 Å². The van der Waals surface area contributed by atoms with E-state index in [4.69, 9.17) is 4.52 Å². The highest BCUT2D eigenvalue weighted by molar-refractivity contribution is 6.02. The Labute approximate surface area is 184 Å². The summed E-state index contributed by atoms with van der Waals surface area (Å²) in [7, 11) is 0. The van der Waals surface area contributed by atoms with Crippen LogP contribution in [-0.2, 0) is 0 Å². The number of anilines is 3. The summed E-state index contributed by atoms with van der Waals surface area (Å²) in [6.45, 7) is 6.03. The normalized spacial score (nSPS) is 13.2. The van der Waals surface area contributed by atoms with E-state index in [-0.39, 0.29) is 5.91 Å². The molecule has 0 atom stereocenters. The summed E-state index contributed by atoms with van der Waals surface area (Å²) in [5, 5.41) is 23.0. The molecule has 0 saturated heterocycles. The van der Waals surface area contributed by atoms with E-state index in [2.05, 4.69) is 31.1 Å². The number of hydrogen-bond donors (Lipinski definition) is 2. The molecule has 0 bridgehead atoms. The molecule has 1 aromatic carbocycles. The quantitative estimate of drug-likeness (QED) is 0.466. The Morgan fingerprint density at radius 3 is 2.41 bits per heavy atom. The van der Waals surface area contributed by atoms with Gasteiger partial charge in [0.15, 0.2) is 17.3 Å². The van der Waals surface area contributed by atoms with Crippen LogP contribution in [0.15, 0.2) is 47.0 Å². The monoisotopic (exact) mass is 429 g/mol. The van der Waals surface area contributed by atoms with Gasteiger partial charge in [-0.1, -0.05) is 5.16 Å². The number of amides is 1. The lowest BCUT2D eigenvalue weighted by Crippen LogP contribution is -2.12. The van der Waals surface area contributed by atoms with Crippen LogP contribution in [0.5, 0.6) is 0 Å². The lowest BCUT2D eigenvalue weighted by molar-refractivity contribution is 0.101. The largest absolute Gasteiger partial charge is 0.360 e. The first kappa shape index (κ1) is 19.9. The molecule has 4 aromatic rings. The second-order valence-corrected chi connectivity index (χ2v) is 8.03. The Hall–Kier alpha value is -4.01. The molecule has 162 valence electrons. The molecule has 1 fully saturated rings. The summed E-state index contributed by atoms with van der Waals surface area (Å²) in [5.41, 5.74) is 4.95. The maximum Gasteiger partial charge on any atom is 0.277 e. The Balaban J connectivity index is 1.22. The Morgan fingerprint density at radius 1 is 1.03 bits per heavy atom. The minimum Gasteiger partial charge on any atom is -0.360 e. The van der Waals surface area contributed by atoms with E-state index in [0.29, 0.717) is 28.9 Å². The molecule has 0 aliphatic heterocycles. The van der Waals surface area contributed by atoms with Gasteiger partial charge < -0.3 is 15.2 Å². The van der Waals surface area contributed by atoms with Gasteiger partial charge in [0.1, 0.15) is 5.76 Å². The van der Waals surface area contributed by atoms with Crippen molar-refractivity contribution in [1.82, 2.24) is 25.1 Å². The molecule has 1 saturated carbocycles. The van der Waals surface area contributed by atoms with Gasteiger partial charge in [0.25, 0.3) is 5.91 Å². The topological polar surface area (TPSA) is 111 Å². The minimum atomic E-state index is -0.290. The zero-order chi connectivity index (χ0) is 22.2. The summed E-state index contributed by atoms with van der Waals surface area (Å²) in [5.74, 6) is 2.19. The molecule has 32 heavy (non-hydrogen) atoms. The number of nitrogens with one attached hydrogen (secondary N) is 2. The van der Waals surface area contributed by atoms with Crippen LogP contribution in [0.25, 0.3) is 5.82 Å². The van der Waals surface area contributed by atoms with Crippen molar-refractivity contribution in [1.29, 1.82) is 0 Å². The maximum atomic E-state index is 12.4. The zero-order valence-corrected chi connectivity index (χ0v) is 18.1. The summed E-state index contributed by atoms with van der Waals surface area (Å²) >= 11 is 0. The SMILES string of the molecule is Cc1nn(-c2ccc(Nc3ccc(NC(=O)c4cc(C5CC5)on4)cc3)nn2)c(C)c1C. The van der Waals surface area contributed by atoms with E-state index < -0.39 is 0 Å². The number of nitrogens with zero attached hydrogens (tertiary/aromatic N) is 5. The molecule has 1 aliphatic rings. The van der Waals surface area contributed by atoms with Crippen molar-refractivity contribution in [2.24, 2.45) is 0 Å². The molecule has 0 unspecified atom stereocenters. The van der Waals surface area contributed by atoms with Crippen molar-refractivity contribution in [3.05, 3.63) is 70.9 Å². The van der Waals surface area contributed by atoms with Crippen LogP contribution in [0, 0.1) is 20.8 Å². The van der Waals surface area contributed by atoms with Gasteiger partial charge >= 0.3 is 0 Å². The third kappa shape index (κ3) is 3.96. The van der Waals surface area contributed by atoms with Crippen LogP contribution < -0.4 is 10.6 Å². The first-order chi connectivity index (χ1) is 15.5. The van der Waals surface area contributed by atoms with E-state index in [9.17, 15) is 4.79 Å². The average molecular weight is 429 g/mol. The number of rotatable bonds is 6. The van der Waals surface area contributed by atoms with Crippen LogP contribution >= 0.6 is 0 Å². The summed E-state index contributed by atoms with van der Waals surface area (Å²) in [4.78, 5) is 12.4. The third-order valence-electron chi connectivity index (χ3n) is 5.68. The van der Waals surface area contributed by atoms with Crippen molar-refractivity contribution in [3.63, 3.8) is 0 Å². The fraction of sp³-hybridized carbons (Fsp3) is 0.261. The molecule has 9 heteroatoms. The Bertz CT molecular complexity index is 1270. The number of aryl methyl sites for hydroxylation is 1. The lowest BCUT2D eigenvalue weighted by Gasteiger charge is -2.08. The van der Waals surface area contributed by atoms with Crippen LogP contribution in [0.1, 0.15) is 52.0 Å². The van der Waals surface area contributed by atoms with Crippen molar-refractivity contribution < 1.29 is 9.32 Å².